The van der Waals surface area contributed by atoms with Gasteiger partial charge >= 0.3 is 0 Å². The summed E-state index contributed by atoms with van der Waals surface area (Å²) in [5, 5.41) is 0. The summed E-state index contributed by atoms with van der Waals surface area (Å²) in [6.45, 7) is 3.55. The summed E-state index contributed by atoms with van der Waals surface area (Å²) in [7, 11) is 3.96. The molecule has 1 heterocycles. The molecule has 0 unspecified atom stereocenters. The van der Waals surface area contributed by atoms with E-state index in [2.05, 4.69) is 21.9 Å². The Kier molecular flexibility index (Phi) is 4.84. The summed E-state index contributed by atoms with van der Waals surface area (Å²) >= 11 is 0. The highest BCUT2D eigenvalue weighted by Crippen LogP contribution is 2.24. The Morgan fingerprint density at radius 2 is 2.10 bits per heavy atom. The third kappa shape index (κ3) is 4.13. The van der Waals surface area contributed by atoms with E-state index in [4.69, 9.17) is 0 Å². The van der Waals surface area contributed by atoms with Gasteiger partial charge in [-0.15, -0.1) is 0 Å². The maximum absolute atomic E-state index is 12.1. The lowest BCUT2D eigenvalue weighted by atomic mass is 10.2. The Balaban J connectivity index is 1.86. The Morgan fingerprint density at radius 3 is 2.70 bits per heavy atom. The van der Waals surface area contributed by atoms with Gasteiger partial charge < -0.3 is 9.80 Å². The van der Waals surface area contributed by atoms with Crippen LogP contribution in [0.3, 0.4) is 0 Å². The molecule has 0 atom stereocenters. The van der Waals surface area contributed by atoms with Gasteiger partial charge in [0.25, 0.3) is 0 Å². The summed E-state index contributed by atoms with van der Waals surface area (Å²) in [6.07, 6.45) is 9.13. The molecule has 1 saturated carbocycles. The summed E-state index contributed by atoms with van der Waals surface area (Å²) in [5.74, 6) is 0.0114. The molecule has 0 aromatic carbocycles. The van der Waals surface area contributed by atoms with E-state index in [9.17, 15) is 4.79 Å². The van der Waals surface area contributed by atoms with E-state index in [1.165, 1.54) is 12.8 Å². The molecule has 1 aliphatic carbocycles. The zero-order chi connectivity index (χ0) is 14.5. The van der Waals surface area contributed by atoms with Gasteiger partial charge in [0.05, 0.1) is 11.9 Å². The van der Waals surface area contributed by atoms with Crippen LogP contribution in [0.4, 0.5) is 0 Å². The van der Waals surface area contributed by atoms with Gasteiger partial charge in [-0.1, -0.05) is 0 Å². The normalized spacial score (nSPS) is 15.5. The molecule has 1 aromatic heterocycles. The van der Waals surface area contributed by atoms with Gasteiger partial charge in [0.1, 0.15) is 0 Å². The average molecular weight is 274 g/mol. The average Bonchev–Trinajstić information content (AvgIpc) is 3.29. The van der Waals surface area contributed by atoms with Crippen LogP contribution < -0.4 is 0 Å². The van der Waals surface area contributed by atoms with Gasteiger partial charge in [0.2, 0.25) is 5.91 Å². The second-order valence-electron chi connectivity index (χ2n) is 5.39. The van der Waals surface area contributed by atoms with Crippen molar-refractivity contribution in [2.75, 3.05) is 27.2 Å². The van der Waals surface area contributed by atoms with Crippen LogP contribution in [0.2, 0.25) is 0 Å². The third-order valence-corrected chi connectivity index (χ3v) is 3.64. The smallest absolute Gasteiger partial charge is 0.246 e. The van der Waals surface area contributed by atoms with Crippen LogP contribution in [0.5, 0.6) is 0 Å². The van der Waals surface area contributed by atoms with E-state index in [1.807, 2.05) is 14.0 Å². The summed E-state index contributed by atoms with van der Waals surface area (Å²) in [6, 6.07) is 0.732. The number of amides is 1. The minimum atomic E-state index is 0.0114. The number of hydrogen-bond acceptors (Lipinski definition) is 4. The van der Waals surface area contributed by atoms with Crippen molar-refractivity contribution in [3.05, 3.63) is 30.4 Å². The highest BCUT2D eigenvalue weighted by Gasteiger charge is 2.25. The lowest BCUT2D eigenvalue weighted by molar-refractivity contribution is -0.124. The molecule has 2 rings (SSSR count). The fourth-order valence-electron chi connectivity index (χ4n) is 1.99. The van der Waals surface area contributed by atoms with Gasteiger partial charge in [-0.05, 0) is 32.4 Å². The lowest BCUT2D eigenvalue weighted by Crippen LogP contribution is -2.34. The van der Waals surface area contributed by atoms with Gasteiger partial charge in [0, 0.05) is 44.6 Å². The molecule has 1 fully saturated rings. The molecular weight excluding hydrogens is 252 g/mol. The molecule has 108 valence electrons. The number of aromatic nitrogens is 2. The van der Waals surface area contributed by atoms with Crippen LogP contribution >= 0.6 is 0 Å². The van der Waals surface area contributed by atoms with Gasteiger partial charge in [0.15, 0.2) is 0 Å². The van der Waals surface area contributed by atoms with Crippen molar-refractivity contribution in [3.63, 3.8) is 0 Å². The second-order valence-corrected chi connectivity index (χ2v) is 5.39. The van der Waals surface area contributed by atoms with E-state index < -0.39 is 0 Å². The van der Waals surface area contributed by atoms with Crippen LogP contribution in [-0.4, -0.2) is 58.9 Å². The first-order chi connectivity index (χ1) is 9.58. The van der Waals surface area contributed by atoms with Crippen LogP contribution in [0.25, 0.3) is 5.57 Å². The van der Waals surface area contributed by atoms with E-state index in [0.717, 1.165) is 30.4 Å². The van der Waals surface area contributed by atoms with Crippen molar-refractivity contribution < 1.29 is 4.79 Å². The molecule has 0 radical (unpaired) electrons. The first-order valence-corrected chi connectivity index (χ1v) is 6.98. The van der Waals surface area contributed by atoms with Crippen LogP contribution in [0.1, 0.15) is 25.5 Å². The largest absolute Gasteiger partial charge is 0.341 e. The first-order valence-electron chi connectivity index (χ1n) is 6.98. The van der Waals surface area contributed by atoms with Crippen molar-refractivity contribution in [1.29, 1.82) is 0 Å². The van der Waals surface area contributed by atoms with Crippen molar-refractivity contribution >= 4 is 11.5 Å². The highest BCUT2D eigenvalue weighted by atomic mass is 16.2. The van der Waals surface area contributed by atoms with E-state index in [-0.39, 0.29) is 5.91 Å². The first kappa shape index (κ1) is 14.7. The molecule has 0 N–H and O–H groups in total. The zero-order valence-electron chi connectivity index (χ0n) is 12.4. The summed E-state index contributed by atoms with van der Waals surface area (Å²) in [5.41, 5.74) is 1.58. The quantitative estimate of drug-likeness (QED) is 0.736. The van der Waals surface area contributed by atoms with Crippen LogP contribution in [-0.2, 0) is 4.79 Å². The number of hydrogen-bond donors (Lipinski definition) is 0. The topological polar surface area (TPSA) is 49.3 Å². The summed E-state index contributed by atoms with van der Waals surface area (Å²) in [4.78, 5) is 24.4. The Morgan fingerprint density at radius 1 is 1.35 bits per heavy atom. The van der Waals surface area contributed by atoms with Gasteiger partial charge in [-0.2, -0.15) is 0 Å². The molecule has 1 amide bonds. The molecule has 0 spiro atoms. The number of nitrogens with zero attached hydrogens (tertiary/aromatic N) is 4. The lowest BCUT2D eigenvalue weighted by Gasteiger charge is -2.21. The van der Waals surface area contributed by atoms with E-state index >= 15 is 0 Å². The molecule has 0 saturated heterocycles. The minimum absolute atomic E-state index is 0.0114. The van der Waals surface area contributed by atoms with Crippen LogP contribution in [0, 0.1) is 0 Å². The Labute approximate surface area is 120 Å². The number of carbonyl (C=O) groups excluding carboxylic acids is 1. The fraction of sp³-hybridized carbons (Fsp3) is 0.533. The zero-order valence-corrected chi connectivity index (χ0v) is 12.4. The Hall–Kier alpha value is -1.75. The molecule has 1 aliphatic rings. The minimum Gasteiger partial charge on any atom is -0.341 e. The predicted octanol–water partition coefficient (Wildman–Crippen LogP) is 1.43. The predicted molar refractivity (Wildman–Crippen MR) is 79.0 cm³/mol. The SMILES string of the molecule is C/C(=C\C(=O)N(C)CCN(C)C1CC1)c1cnccn1. The molecule has 0 aliphatic heterocycles. The number of rotatable bonds is 6. The highest BCUT2D eigenvalue weighted by molar-refractivity contribution is 5.94. The maximum atomic E-state index is 12.1. The molecular formula is C15H22N4O. The second kappa shape index (κ2) is 6.61. The van der Waals surface area contributed by atoms with Crippen molar-refractivity contribution in [3.8, 4) is 0 Å². The number of carbonyl (C=O) groups is 1. The molecule has 5 heteroatoms. The number of likely N-dealkylation sites (N-methyl/N-ethyl adjacent to an activating group) is 2. The third-order valence-electron chi connectivity index (χ3n) is 3.64. The fourth-order valence-corrected chi connectivity index (χ4v) is 1.99. The van der Waals surface area contributed by atoms with E-state index in [0.29, 0.717) is 0 Å². The van der Waals surface area contributed by atoms with Crippen molar-refractivity contribution in [2.24, 2.45) is 0 Å². The van der Waals surface area contributed by atoms with Crippen LogP contribution in [0.15, 0.2) is 24.7 Å². The van der Waals surface area contributed by atoms with E-state index in [1.54, 1.807) is 29.6 Å². The standard InChI is InChI=1S/C15H22N4O/c1-12(14-11-16-6-7-17-14)10-15(20)19(3)9-8-18(2)13-4-5-13/h6-7,10-11,13H,4-5,8-9H2,1-3H3/b12-10+. The summed E-state index contributed by atoms with van der Waals surface area (Å²) < 4.78 is 0. The van der Waals surface area contributed by atoms with Gasteiger partial charge in [-0.25, -0.2) is 0 Å². The molecule has 0 bridgehead atoms. The number of allylic oxidation sites excluding steroid dienone is 1. The van der Waals surface area contributed by atoms with Crippen molar-refractivity contribution in [2.45, 2.75) is 25.8 Å². The monoisotopic (exact) mass is 274 g/mol. The maximum Gasteiger partial charge on any atom is 0.246 e. The molecule has 1 aromatic rings. The van der Waals surface area contributed by atoms with Crippen molar-refractivity contribution in [1.82, 2.24) is 19.8 Å². The Bertz CT molecular complexity index is 482. The molecule has 20 heavy (non-hydrogen) atoms. The molecule has 5 nitrogen and oxygen atoms in total. The van der Waals surface area contributed by atoms with Gasteiger partial charge in [-0.3, -0.25) is 14.8 Å².